The molecule has 2 unspecified atom stereocenters. The van der Waals surface area contributed by atoms with Crippen molar-refractivity contribution in [2.45, 2.75) is 37.8 Å². The fraction of sp³-hybridized carbons (Fsp3) is 0.667. The summed E-state index contributed by atoms with van der Waals surface area (Å²) in [5, 5.41) is 5.74. The molecule has 2 nitrogen and oxygen atoms in total. The Morgan fingerprint density at radius 3 is 3.20 bits per heavy atom. The van der Waals surface area contributed by atoms with Gasteiger partial charge in [0.05, 0.1) is 6.10 Å². The highest BCUT2D eigenvalue weighted by Crippen LogP contribution is 2.21. The van der Waals surface area contributed by atoms with Crippen molar-refractivity contribution in [3.63, 3.8) is 0 Å². The SMILES string of the molecule is COC1CCCC1NCCc1cccs1. The van der Waals surface area contributed by atoms with E-state index < -0.39 is 0 Å². The lowest BCUT2D eigenvalue weighted by Gasteiger charge is -2.19. The molecule has 3 heteroatoms. The van der Waals surface area contributed by atoms with Crippen LogP contribution in [-0.4, -0.2) is 25.8 Å². The zero-order chi connectivity index (χ0) is 10.5. The van der Waals surface area contributed by atoms with E-state index in [0.29, 0.717) is 12.1 Å². The Hall–Kier alpha value is -0.380. The van der Waals surface area contributed by atoms with Gasteiger partial charge in [-0.15, -0.1) is 11.3 Å². The van der Waals surface area contributed by atoms with Crippen molar-refractivity contribution >= 4 is 11.3 Å². The van der Waals surface area contributed by atoms with E-state index in [4.69, 9.17) is 4.74 Å². The first-order valence-electron chi connectivity index (χ1n) is 5.68. The normalized spacial score (nSPS) is 25.9. The molecule has 1 heterocycles. The van der Waals surface area contributed by atoms with Gasteiger partial charge < -0.3 is 10.1 Å². The summed E-state index contributed by atoms with van der Waals surface area (Å²) in [5.41, 5.74) is 0. The quantitative estimate of drug-likeness (QED) is 0.831. The number of nitrogens with one attached hydrogen (secondary N) is 1. The lowest BCUT2D eigenvalue weighted by atomic mass is 10.2. The molecule has 0 amide bonds. The minimum Gasteiger partial charge on any atom is -0.380 e. The molecule has 1 N–H and O–H groups in total. The van der Waals surface area contributed by atoms with Crippen molar-refractivity contribution in [3.8, 4) is 0 Å². The van der Waals surface area contributed by atoms with Crippen LogP contribution in [0.25, 0.3) is 0 Å². The predicted molar refractivity (Wildman–Crippen MR) is 64.5 cm³/mol. The molecule has 1 aromatic heterocycles. The third-order valence-electron chi connectivity index (χ3n) is 3.11. The van der Waals surface area contributed by atoms with Crippen LogP contribution in [0.3, 0.4) is 0 Å². The van der Waals surface area contributed by atoms with Crippen molar-refractivity contribution in [3.05, 3.63) is 22.4 Å². The van der Waals surface area contributed by atoms with E-state index in [9.17, 15) is 0 Å². The molecule has 0 radical (unpaired) electrons. The van der Waals surface area contributed by atoms with Gasteiger partial charge in [0.15, 0.2) is 0 Å². The Balaban J connectivity index is 1.69. The molecule has 2 rings (SSSR count). The van der Waals surface area contributed by atoms with Gasteiger partial charge in [0.25, 0.3) is 0 Å². The number of hydrogen-bond donors (Lipinski definition) is 1. The van der Waals surface area contributed by atoms with Gasteiger partial charge in [0.2, 0.25) is 0 Å². The lowest BCUT2D eigenvalue weighted by Crippen LogP contribution is -2.37. The molecule has 1 fully saturated rings. The molecule has 0 spiro atoms. The van der Waals surface area contributed by atoms with Crippen molar-refractivity contribution in [2.24, 2.45) is 0 Å². The second kappa shape index (κ2) is 5.64. The van der Waals surface area contributed by atoms with Gasteiger partial charge in [-0.2, -0.15) is 0 Å². The summed E-state index contributed by atoms with van der Waals surface area (Å²) in [5.74, 6) is 0. The van der Waals surface area contributed by atoms with E-state index in [1.54, 1.807) is 0 Å². The van der Waals surface area contributed by atoms with Crippen molar-refractivity contribution < 1.29 is 4.74 Å². The molecule has 15 heavy (non-hydrogen) atoms. The van der Waals surface area contributed by atoms with Crippen LogP contribution < -0.4 is 5.32 Å². The van der Waals surface area contributed by atoms with E-state index in [1.165, 1.54) is 24.1 Å². The Bertz CT molecular complexity index is 273. The fourth-order valence-electron chi connectivity index (χ4n) is 2.28. The maximum atomic E-state index is 5.45. The topological polar surface area (TPSA) is 21.3 Å². The van der Waals surface area contributed by atoms with Crippen LogP contribution in [0.1, 0.15) is 24.1 Å². The summed E-state index contributed by atoms with van der Waals surface area (Å²) in [6.07, 6.45) is 5.36. The van der Waals surface area contributed by atoms with Crippen LogP contribution in [0, 0.1) is 0 Å². The Morgan fingerprint density at radius 2 is 2.47 bits per heavy atom. The minimum absolute atomic E-state index is 0.438. The Kier molecular flexibility index (Phi) is 4.18. The predicted octanol–water partition coefficient (Wildman–Crippen LogP) is 2.45. The largest absolute Gasteiger partial charge is 0.380 e. The van der Waals surface area contributed by atoms with Gasteiger partial charge in [-0.3, -0.25) is 0 Å². The average Bonchev–Trinajstić information content (AvgIpc) is 2.88. The van der Waals surface area contributed by atoms with Crippen LogP contribution in [-0.2, 0) is 11.2 Å². The molecule has 0 bridgehead atoms. The van der Waals surface area contributed by atoms with Gasteiger partial charge in [0.1, 0.15) is 0 Å². The zero-order valence-electron chi connectivity index (χ0n) is 9.24. The summed E-state index contributed by atoms with van der Waals surface area (Å²) in [6.45, 7) is 1.07. The Labute approximate surface area is 95.6 Å². The van der Waals surface area contributed by atoms with Gasteiger partial charge in [-0.25, -0.2) is 0 Å². The van der Waals surface area contributed by atoms with E-state index >= 15 is 0 Å². The van der Waals surface area contributed by atoms with Gasteiger partial charge >= 0.3 is 0 Å². The monoisotopic (exact) mass is 225 g/mol. The molecular weight excluding hydrogens is 206 g/mol. The van der Waals surface area contributed by atoms with E-state index in [-0.39, 0.29) is 0 Å². The summed E-state index contributed by atoms with van der Waals surface area (Å²) in [4.78, 5) is 1.47. The van der Waals surface area contributed by atoms with Crippen molar-refractivity contribution in [1.82, 2.24) is 5.32 Å². The number of methoxy groups -OCH3 is 1. The number of hydrogen-bond acceptors (Lipinski definition) is 3. The maximum absolute atomic E-state index is 5.45. The molecular formula is C12H19NOS. The first kappa shape index (κ1) is 11.1. The fourth-order valence-corrected chi connectivity index (χ4v) is 2.99. The third kappa shape index (κ3) is 3.03. The molecule has 0 saturated heterocycles. The highest BCUT2D eigenvalue weighted by Gasteiger charge is 2.25. The van der Waals surface area contributed by atoms with Crippen LogP contribution in [0.4, 0.5) is 0 Å². The number of rotatable bonds is 5. The van der Waals surface area contributed by atoms with Crippen LogP contribution >= 0.6 is 11.3 Å². The van der Waals surface area contributed by atoms with Crippen LogP contribution in [0.5, 0.6) is 0 Å². The van der Waals surface area contributed by atoms with E-state index in [1.807, 2.05) is 18.4 Å². The molecule has 0 aromatic carbocycles. The van der Waals surface area contributed by atoms with E-state index in [2.05, 4.69) is 22.8 Å². The summed E-state index contributed by atoms with van der Waals surface area (Å²) < 4.78 is 5.45. The van der Waals surface area contributed by atoms with Crippen molar-refractivity contribution in [2.75, 3.05) is 13.7 Å². The third-order valence-corrected chi connectivity index (χ3v) is 4.05. The molecule has 2 atom stereocenters. The number of thiophene rings is 1. The van der Waals surface area contributed by atoms with Gasteiger partial charge in [-0.05, 0) is 37.1 Å². The summed E-state index contributed by atoms with van der Waals surface area (Å²) in [6, 6.07) is 4.90. The van der Waals surface area contributed by atoms with Gasteiger partial charge in [0, 0.05) is 24.6 Å². The molecule has 1 aromatic rings. The second-order valence-electron chi connectivity index (χ2n) is 4.10. The Morgan fingerprint density at radius 1 is 1.53 bits per heavy atom. The minimum atomic E-state index is 0.438. The zero-order valence-corrected chi connectivity index (χ0v) is 10.1. The van der Waals surface area contributed by atoms with E-state index in [0.717, 1.165) is 13.0 Å². The highest BCUT2D eigenvalue weighted by molar-refractivity contribution is 7.09. The van der Waals surface area contributed by atoms with Crippen molar-refractivity contribution in [1.29, 1.82) is 0 Å². The lowest BCUT2D eigenvalue weighted by molar-refractivity contribution is 0.0855. The van der Waals surface area contributed by atoms with Crippen LogP contribution in [0.15, 0.2) is 17.5 Å². The standard InChI is InChI=1S/C12H19NOS/c1-14-12-6-2-5-11(12)13-8-7-10-4-3-9-15-10/h3-4,9,11-13H,2,5-8H2,1H3. The molecule has 1 aliphatic carbocycles. The molecule has 0 aliphatic heterocycles. The number of ether oxygens (including phenoxy) is 1. The van der Waals surface area contributed by atoms with Crippen LogP contribution in [0.2, 0.25) is 0 Å². The molecule has 84 valence electrons. The first-order valence-corrected chi connectivity index (χ1v) is 6.56. The highest BCUT2D eigenvalue weighted by atomic mass is 32.1. The first-order chi connectivity index (χ1) is 7.40. The summed E-state index contributed by atoms with van der Waals surface area (Å²) in [7, 11) is 1.82. The molecule has 1 saturated carbocycles. The summed E-state index contributed by atoms with van der Waals surface area (Å²) >= 11 is 1.84. The second-order valence-corrected chi connectivity index (χ2v) is 5.13. The smallest absolute Gasteiger partial charge is 0.0724 e. The molecule has 1 aliphatic rings. The van der Waals surface area contributed by atoms with Gasteiger partial charge in [-0.1, -0.05) is 6.07 Å². The average molecular weight is 225 g/mol. The maximum Gasteiger partial charge on any atom is 0.0724 e.